The molecule has 0 bridgehead atoms. The Balaban J connectivity index is 2.40. The lowest BCUT2D eigenvalue weighted by Crippen LogP contribution is -1.89. The highest BCUT2D eigenvalue weighted by Gasteiger charge is 2.09. The summed E-state index contributed by atoms with van der Waals surface area (Å²) in [6.45, 7) is 0. The first-order chi connectivity index (χ1) is 8.60. The van der Waals surface area contributed by atoms with Crippen molar-refractivity contribution >= 4 is 23.2 Å². The molecule has 0 N–H and O–H groups in total. The average Bonchev–Trinajstić information content (AvgIpc) is 2.33. The van der Waals surface area contributed by atoms with E-state index >= 15 is 0 Å². The first-order valence-corrected chi connectivity index (χ1v) is 5.68. The van der Waals surface area contributed by atoms with Gasteiger partial charge in [0.15, 0.2) is 0 Å². The molecular formula is C13H6Cl2FNO. The molecule has 2 rings (SSSR count). The molecule has 0 amide bonds. The van der Waals surface area contributed by atoms with E-state index in [4.69, 9.17) is 33.2 Å². The van der Waals surface area contributed by atoms with Gasteiger partial charge in [-0.15, -0.1) is 0 Å². The van der Waals surface area contributed by atoms with Crippen LogP contribution in [0.3, 0.4) is 0 Å². The van der Waals surface area contributed by atoms with E-state index in [0.717, 1.165) is 6.07 Å². The predicted molar refractivity (Wildman–Crippen MR) is 67.7 cm³/mol. The standard InChI is InChI=1S/C13H6Cl2FNO/c14-9-2-1-8(7-17)13(5-9)18-12-4-3-10(16)6-11(12)15/h1-6H. The minimum Gasteiger partial charge on any atom is -0.454 e. The van der Waals surface area contributed by atoms with Crippen molar-refractivity contribution in [1.82, 2.24) is 0 Å². The Kier molecular flexibility index (Phi) is 3.71. The van der Waals surface area contributed by atoms with Crippen LogP contribution in [-0.2, 0) is 0 Å². The van der Waals surface area contributed by atoms with Gasteiger partial charge in [-0.2, -0.15) is 5.26 Å². The summed E-state index contributed by atoms with van der Waals surface area (Å²) in [5, 5.41) is 9.49. The third-order valence-electron chi connectivity index (χ3n) is 2.18. The van der Waals surface area contributed by atoms with E-state index in [9.17, 15) is 4.39 Å². The summed E-state index contributed by atoms with van der Waals surface area (Å²) >= 11 is 11.7. The molecule has 0 spiro atoms. The molecule has 0 unspecified atom stereocenters. The smallest absolute Gasteiger partial charge is 0.146 e. The Hall–Kier alpha value is -1.76. The first-order valence-electron chi connectivity index (χ1n) is 4.92. The summed E-state index contributed by atoms with van der Waals surface area (Å²) in [7, 11) is 0. The summed E-state index contributed by atoms with van der Waals surface area (Å²) < 4.78 is 18.3. The zero-order chi connectivity index (χ0) is 13.1. The van der Waals surface area contributed by atoms with Crippen LogP contribution in [0, 0.1) is 17.1 Å². The molecule has 0 fully saturated rings. The fourth-order valence-electron chi connectivity index (χ4n) is 1.35. The van der Waals surface area contributed by atoms with Crippen LogP contribution in [0.15, 0.2) is 36.4 Å². The van der Waals surface area contributed by atoms with Crippen LogP contribution in [0.5, 0.6) is 11.5 Å². The Morgan fingerprint density at radius 3 is 2.50 bits per heavy atom. The van der Waals surface area contributed by atoms with Gasteiger partial charge in [-0.25, -0.2) is 4.39 Å². The topological polar surface area (TPSA) is 33.0 Å². The van der Waals surface area contributed by atoms with Crippen LogP contribution in [0.4, 0.5) is 4.39 Å². The summed E-state index contributed by atoms with van der Waals surface area (Å²) in [5.74, 6) is 0.0780. The molecule has 5 heteroatoms. The highest BCUT2D eigenvalue weighted by molar-refractivity contribution is 6.32. The molecule has 0 aliphatic carbocycles. The molecule has 0 aliphatic rings. The number of hydrogen-bond donors (Lipinski definition) is 0. The third kappa shape index (κ3) is 2.73. The van der Waals surface area contributed by atoms with Gasteiger partial charge < -0.3 is 4.74 Å². The van der Waals surface area contributed by atoms with Crippen LogP contribution < -0.4 is 4.74 Å². The monoisotopic (exact) mass is 281 g/mol. The fraction of sp³-hybridized carbons (Fsp3) is 0. The summed E-state index contributed by atoms with van der Waals surface area (Å²) in [6.07, 6.45) is 0. The van der Waals surface area contributed by atoms with Gasteiger partial charge in [-0.1, -0.05) is 23.2 Å². The molecule has 0 aromatic heterocycles. The highest BCUT2D eigenvalue weighted by atomic mass is 35.5. The molecule has 2 aromatic rings. The zero-order valence-corrected chi connectivity index (χ0v) is 10.5. The third-order valence-corrected chi connectivity index (χ3v) is 2.71. The van der Waals surface area contributed by atoms with Crippen molar-refractivity contribution in [3.63, 3.8) is 0 Å². The molecule has 18 heavy (non-hydrogen) atoms. The SMILES string of the molecule is N#Cc1ccc(Cl)cc1Oc1ccc(F)cc1Cl. The maximum absolute atomic E-state index is 12.9. The van der Waals surface area contributed by atoms with Crippen molar-refractivity contribution in [3.8, 4) is 17.6 Å². The molecule has 0 atom stereocenters. The van der Waals surface area contributed by atoms with Gasteiger partial charge in [0.05, 0.1) is 10.6 Å². The number of halogens is 3. The van der Waals surface area contributed by atoms with E-state index in [-0.39, 0.29) is 16.5 Å². The molecule has 90 valence electrons. The molecule has 0 radical (unpaired) electrons. The quantitative estimate of drug-likeness (QED) is 0.792. The van der Waals surface area contributed by atoms with Gasteiger partial charge in [0.1, 0.15) is 23.4 Å². The van der Waals surface area contributed by atoms with E-state index < -0.39 is 5.82 Å². The molecule has 0 aliphatic heterocycles. The number of ether oxygens (including phenoxy) is 1. The van der Waals surface area contributed by atoms with Gasteiger partial charge in [0.25, 0.3) is 0 Å². The molecular weight excluding hydrogens is 276 g/mol. The minimum atomic E-state index is -0.459. The first kappa shape index (κ1) is 12.7. The van der Waals surface area contributed by atoms with Gasteiger partial charge in [-0.3, -0.25) is 0 Å². The van der Waals surface area contributed by atoms with E-state index in [1.54, 1.807) is 6.07 Å². The summed E-state index contributed by atoms with van der Waals surface area (Å²) in [6, 6.07) is 10.3. The lowest BCUT2D eigenvalue weighted by atomic mass is 10.2. The Bertz CT molecular complexity index is 637. The van der Waals surface area contributed by atoms with E-state index in [1.165, 1.54) is 24.3 Å². The minimum absolute atomic E-state index is 0.124. The molecule has 2 nitrogen and oxygen atoms in total. The van der Waals surface area contributed by atoms with Crippen molar-refractivity contribution in [2.75, 3.05) is 0 Å². The van der Waals surface area contributed by atoms with Crippen LogP contribution in [0.25, 0.3) is 0 Å². The second-order valence-corrected chi connectivity index (χ2v) is 4.27. The van der Waals surface area contributed by atoms with Crippen LogP contribution in [-0.4, -0.2) is 0 Å². The van der Waals surface area contributed by atoms with E-state index in [2.05, 4.69) is 0 Å². The molecule has 0 heterocycles. The van der Waals surface area contributed by atoms with Crippen LogP contribution in [0.2, 0.25) is 10.0 Å². The number of nitriles is 1. The summed E-state index contributed by atoms with van der Waals surface area (Å²) in [5.41, 5.74) is 0.319. The van der Waals surface area contributed by atoms with Crippen molar-refractivity contribution in [3.05, 3.63) is 57.8 Å². The normalized spacial score (nSPS) is 9.89. The molecule has 0 saturated heterocycles. The lowest BCUT2D eigenvalue weighted by molar-refractivity contribution is 0.479. The fourth-order valence-corrected chi connectivity index (χ4v) is 1.72. The Labute approximate surface area is 113 Å². The lowest BCUT2D eigenvalue weighted by Gasteiger charge is -2.09. The second-order valence-electron chi connectivity index (χ2n) is 3.43. The maximum atomic E-state index is 12.9. The van der Waals surface area contributed by atoms with Gasteiger partial charge >= 0.3 is 0 Å². The Morgan fingerprint density at radius 2 is 1.83 bits per heavy atom. The highest BCUT2D eigenvalue weighted by Crippen LogP contribution is 2.32. The maximum Gasteiger partial charge on any atom is 0.146 e. The largest absolute Gasteiger partial charge is 0.454 e. The van der Waals surface area contributed by atoms with Gasteiger partial charge in [-0.05, 0) is 30.3 Å². The molecule has 0 saturated carbocycles. The number of nitrogens with zero attached hydrogens (tertiary/aromatic N) is 1. The van der Waals surface area contributed by atoms with Crippen molar-refractivity contribution in [1.29, 1.82) is 5.26 Å². The second kappa shape index (κ2) is 5.26. The van der Waals surface area contributed by atoms with Crippen molar-refractivity contribution in [2.45, 2.75) is 0 Å². The van der Waals surface area contributed by atoms with Crippen LogP contribution in [0.1, 0.15) is 5.56 Å². The van der Waals surface area contributed by atoms with Gasteiger partial charge in [0, 0.05) is 11.1 Å². The number of hydrogen-bond acceptors (Lipinski definition) is 2. The molecule has 2 aromatic carbocycles. The predicted octanol–water partition coefficient (Wildman–Crippen LogP) is 4.80. The summed E-state index contributed by atoms with van der Waals surface area (Å²) in [4.78, 5) is 0. The Morgan fingerprint density at radius 1 is 1.06 bits per heavy atom. The van der Waals surface area contributed by atoms with Crippen molar-refractivity contribution < 1.29 is 9.13 Å². The average molecular weight is 282 g/mol. The van der Waals surface area contributed by atoms with Crippen molar-refractivity contribution in [2.24, 2.45) is 0 Å². The zero-order valence-electron chi connectivity index (χ0n) is 8.95. The number of benzene rings is 2. The van der Waals surface area contributed by atoms with Crippen LogP contribution >= 0.6 is 23.2 Å². The van der Waals surface area contributed by atoms with E-state index in [0.29, 0.717) is 10.6 Å². The van der Waals surface area contributed by atoms with E-state index in [1.807, 2.05) is 6.07 Å². The number of rotatable bonds is 2. The van der Waals surface area contributed by atoms with Gasteiger partial charge in [0.2, 0.25) is 0 Å².